The van der Waals surface area contributed by atoms with E-state index in [1.54, 1.807) is 0 Å². The molecule has 0 atom stereocenters. The maximum Gasteiger partial charge on any atom is 0.0178 e. The lowest BCUT2D eigenvalue weighted by molar-refractivity contribution is 0.950. The van der Waals surface area contributed by atoms with Crippen LogP contribution in [-0.4, -0.2) is 0 Å². The van der Waals surface area contributed by atoms with Crippen molar-refractivity contribution in [2.75, 3.05) is 0 Å². The number of aryl methyl sites for hydroxylation is 2. The van der Waals surface area contributed by atoms with Crippen molar-refractivity contribution in [2.24, 2.45) is 5.73 Å². The highest BCUT2D eigenvalue weighted by atomic mass is 14.5. The van der Waals surface area contributed by atoms with Crippen LogP contribution >= 0.6 is 0 Å². The zero-order valence-electron chi connectivity index (χ0n) is 9.39. The summed E-state index contributed by atoms with van der Waals surface area (Å²) in [5.74, 6) is 0. The summed E-state index contributed by atoms with van der Waals surface area (Å²) in [4.78, 5) is 0. The lowest BCUT2D eigenvalue weighted by Crippen LogP contribution is -1.98. The van der Waals surface area contributed by atoms with Crippen LogP contribution in [0.25, 0.3) is 0 Å². The highest BCUT2D eigenvalue weighted by molar-refractivity contribution is 5.25. The van der Waals surface area contributed by atoms with Crippen LogP contribution in [0.2, 0.25) is 0 Å². The molecule has 0 amide bonds. The van der Waals surface area contributed by atoms with E-state index >= 15 is 0 Å². The Bertz CT molecular complexity index is 434. The first-order chi connectivity index (χ1) is 7.88. The fraction of sp³-hybridized carbons (Fsp3) is 0.200. The quantitative estimate of drug-likeness (QED) is 0.826. The van der Waals surface area contributed by atoms with Gasteiger partial charge < -0.3 is 5.73 Å². The average molecular weight is 211 g/mol. The van der Waals surface area contributed by atoms with E-state index in [2.05, 4.69) is 54.6 Å². The van der Waals surface area contributed by atoms with Gasteiger partial charge in [-0.25, -0.2) is 0 Å². The number of rotatable bonds is 4. The molecule has 0 aliphatic heterocycles. The van der Waals surface area contributed by atoms with E-state index in [4.69, 9.17) is 5.73 Å². The Morgan fingerprint density at radius 1 is 0.688 bits per heavy atom. The fourth-order valence-corrected chi connectivity index (χ4v) is 1.85. The lowest BCUT2D eigenvalue weighted by atomic mass is 10.0. The monoisotopic (exact) mass is 211 g/mol. The van der Waals surface area contributed by atoms with Crippen LogP contribution in [0, 0.1) is 0 Å². The molecule has 0 aromatic heterocycles. The second-order valence-electron chi connectivity index (χ2n) is 4.01. The molecule has 0 unspecified atom stereocenters. The molecule has 0 aliphatic carbocycles. The summed E-state index contributed by atoms with van der Waals surface area (Å²) in [6.07, 6.45) is 2.17. The van der Waals surface area contributed by atoms with Crippen molar-refractivity contribution in [3.63, 3.8) is 0 Å². The lowest BCUT2D eigenvalue weighted by Gasteiger charge is -2.04. The highest BCUT2D eigenvalue weighted by Crippen LogP contribution is 2.09. The molecule has 16 heavy (non-hydrogen) atoms. The van der Waals surface area contributed by atoms with E-state index in [0.29, 0.717) is 6.54 Å². The smallest absolute Gasteiger partial charge is 0.0178 e. The van der Waals surface area contributed by atoms with Crippen molar-refractivity contribution in [1.82, 2.24) is 0 Å². The van der Waals surface area contributed by atoms with E-state index in [9.17, 15) is 0 Å². The van der Waals surface area contributed by atoms with Crippen LogP contribution < -0.4 is 5.73 Å². The first-order valence-electron chi connectivity index (χ1n) is 5.70. The van der Waals surface area contributed by atoms with E-state index in [1.807, 2.05) is 0 Å². The minimum absolute atomic E-state index is 0.624. The molecule has 1 heteroatoms. The van der Waals surface area contributed by atoms with Crippen molar-refractivity contribution in [2.45, 2.75) is 19.4 Å². The zero-order chi connectivity index (χ0) is 11.2. The minimum atomic E-state index is 0.624. The van der Waals surface area contributed by atoms with Crippen LogP contribution in [0.1, 0.15) is 16.7 Å². The maximum atomic E-state index is 5.63. The van der Waals surface area contributed by atoms with Gasteiger partial charge in [0.2, 0.25) is 0 Å². The molecule has 0 saturated carbocycles. The van der Waals surface area contributed by atoms with Crippen molar-refractivity contribution in [1.29, 1.82) is 0 Å². The Labute approximate surface area is 96.9 Å². The molecule has 0 saturated heterocycles. The standard InChI is InChI=1S/C15H17N/c16-12-15-8-4-7-14(11-15)10-9-13-5-2-1-3-6-13/h1-8,11H,9-10,12,16H2. The SMILES string of the molecule is NCc1cccc(CCc2ccccc2)c1. The molecular formula is C15H17N. The second-order valence-corrected chi connectivity index (χ2v) is 4.01. The second kappa shape index (κ2) is 5.47. The van der Waals surface area contributed by atoms with Gasteiger partial charge in [-0.3, -0.25) is 0 Å². The summed E-state index contributed by atoms with van der Waals surface area (Å²) < 4.78 is 0. The van der Waals surface area contributed by atoms with Gasteiger partial charge in [-0.2, -0.15) is 0 Å². The van der Waals surface area contributed by atoms with Gasteiger partial charge in [0.25, 0.3) is 0 Å². The van der Waals surface area contributed by atoms with Gasteiger partial charge in [-0.15, -0.1) is 0 Å². The molecule has 1 nitrogen and oxygen atoms in total. The Morgan fingerprint density at radius 2 is 1.31 bits per heavy atom. The Kier molecular flexibility index (Phi) is 3.73. The number of nitrogens with two attached hydrogens (primary N) is 1. The molecule has 0 bridgehead atoms. The van der Waals surface area contributed by atoms with Crippen molar-refractivity contribution >= 4 is 0 Å². The first-order valence-corrected chi connectivity index (χ1v) is 5.70. The Hall–Kier alpha value is -1.60. The van der Waals surface area contributed by atoms with Crippen molar-refractivity contribution in [3.05, 3.63) is 71.3 Å². The summed E-state index contributed by atoms with van der Waals surface area (Å²) in [6.45, 7) is 0.624. The van der Waals surface area contributed by atoms with Gasteiger partial charge >= 0.3 is 0 Å². The van der Waals surface area contributed by atoms with E-state index in [-0.39, 0.29) is 0 Å². The third-order valence-electron chi connectivity index (χ3n) is 2.77. The molecule has 0 radical (unpaired) electrons. The summed E-state index contributed by atoms with van der Waals surface area (Å²) in [6, 6.07) is 19.1. The zero-order valence-corrected chi connectivity index (χ0v) is 9.39. The molecule has 0 heterocycles. The van der Waals surface area contributed by atoms with Crippen LogP contribution in [0.3, 0.4) is 0 Å². The van der Waals surface area contributed by atoms with E-state index < -0.39 is 0 Å². The van der Waals surface area contributed by atoms with Gasteiger partial charge in [0, 0.05) is 6.54 Å². The summed E-state index contributed by atoms with van der Waals surface area (Å²) in [5.41, 5.74) is 9.60. The Balaban J connectivity index is 1.99. The first kappa shape index (κ1) is 10.9. The van der Waals surface area contributed by atoms with Gasteiger partial charge in [0.1, 0.15) is 0 Å². The molecule has 0 aliphatic rings. The van der Waals surface area contributed by atoms with Gasteiger partial charge in [0.15, 0.2) is 0 Å². The van der Waals surface area contributed by atoms with E-state index in [1.165, 1.54) is 16.7 Å². The van der Waals surface area contributed by atoms with E-state index in [0.717, 1.165) is 12.8 Å². The third kappa shape index (κ3) is 2.94. The van der Waals surface area contributed by atoms with Crippen LogP contribution in [0.4, 0.5) is 0 Å². The van der Waals surface area contributed by atoms with Crippen LogP contribution in [0.15, 0.2) is 54.6 Å². The Morgan fingerprint density at radius 3 is 2.06 bits per heavy atom. The highest BCUT2D eigenvalue weighted by Gasteiger charge is 1.96. The minimum Gasteiger partial charge on any atom is -0.326 e. The van der Waals surface area contributed by atoms with Crippen LogP contribution in [-0.2, 0) is 19.4 Å². The average Bonchev–Trinajstić information content (AvgIpc) is 2.38. The molecule has 0 spiro atoms. The normalized spacial score (nSPS) is 10.3. The molecule has 2 N–H and O–H groups in total. The topological polar surface area (TPSA) is 26.0 Å². The van der Waals surface area contributed by atoms with Gasteiger partial charge in [-0.05, 0) is 29.5 Å². The van der Waals surface area contributed by atoms with Gasteiger partial charge in [0.05, 0.1) is 0 Å². The molecule has 0 fully saturated rings. The van der Waals surface area contributed by atoms with Gasteiger partial charge in [-0.1, -0.05) is 54.6 Å². The summed E-state index contributed by atoms with van der Waals surface area (Å²) >= 11 is 0. The predicted molar refractivity (Wildman–Crippen MR) is 68.2 cm³/mol. The third-order valence-corrected chi connectivity index (χ3v) is 2.77. The van der Waals surface area contributed by atoms with Crippen molar-refractivity contribution in [3.8, 4) is 0 Å². The maximum absolute atomic E-state index is 5.63. The summed E-state index contributed by atoms with van der Waals surface area (Å²) in [7, 11) is 0. The molecule has 2 aromatic rings. The fourth-order valence-electron chi connectivity index (χ4n) is 1.85. The molecular weight excluding hydrogens is 194 g/mol. The van der Waals surface area contributed by atoms with Crippen molar-refractivity contribution < 1.29 is 0 Å². The molecule has 2 aromatic carbocycles. The number of benzene rings is 2. The molecule has 82 valence electrons. The number of hydrogen-bond donors (Lipinski definition) is 1. The summed E-state index contributed by atoms with van der Waals surface area (Å²) in [5, 5.41) is 0. The predicted octanol–water partition coefficient (Wildman–Crippen LogP) is 2.93. The molecule has 2 rings (SSSR count). The van der Waals surface area contributed by atoms with Crippen LogP contribution in [0.5, 0.6) is 0 Å². The largest absolute Gasteiger partial charge is 0.326 e. The number of hydrogen-bond acceptors (Lipinski definition) is 1.